The van der Waals surface area contributed by atoms with Gasteiger partial charge >= 0.3 is 5.97 Å². The van der Waals surface area contributed by atoms with Crippen molar-refractivity contribution < 1.29 is 28.3 Å². The first kappa shape index (κ1) is 28.0. The van der Waals surface area contributed by atoms with Gasteiger partial charge in [0, 0.05) is 33.2 Å². The van der Waals surface area contributed by atoms with Gasteiger partial charge < -0.3 is 19.1 Å². The summed E-state index contributed by atoms with van der Waals surface area (Å²) in [6.07, 6.45) is 6.54. The lowest BCUT2D eigenvalue weighted by atomic mass is 9.88. The third-order valence-corrected chi connectivity index (χ3v) is 6.41. The van der Waals surface area contributed by atoms with Crippen LogP contribution in [0.25, 0.3) is 0 Å². The summed E-state index contributed by atoms with van der Waals surface area (Å²) in [6, 6.07) is 6.96. The Hall–Kier alpha value is -1.20. The fourth-order valence-corrected chi connectivity index (χ4v) is 4.74. The quantitative estimate of drug-likeness (QED) is 0.145. The molecule has 0 saturated heterocycles. The topological polar surface area (TPSA) is 65.0 Å². The molecule has 0 aliphatic heterocycles. The zero-order chi connectivity index (χ0) is 24.2. The molecule has 5 nitrogen and oxygen atoms in total. The Labute approximate surface area is 204 Å². The molecule has 1 aliphatic carbocycles. The van der Waals surface area contributed by atoms with E-state index < -0.39 is 12.3 Å². The number of benzene rings is 1. The second kappa shape index (κ2) is 14.9. The minimum absolute atomic E-state index is 0.0423. The van der Waals surface area contributed by atoms with E-state index in [9.17, 15) is 14.3 Å². The van der Waals surface area contributed by atoms with Gasteiger partial charge in [0.1, 0.15) is 24.6 Å². The Morgan fingerprint density at radius 2 is 2.06 bits per heavy atom. The number of ether oxygens (including phenoxy) is 2. The van der Waals surface area contributed by atoms with Gasteiger partial charge in [-0.25, -0.2) is 4.39 Å². The number of aliphatic hydroxyl groups is 1. The van der Waals surface area contributed by atoms with Gasteiger partial charge in [0.25, 0.3) is 0 Å². The van der Waals surface area contributed by atoms with Gasteiger partial charge in [-0.3, -0.25) is 4.79 Å². The average Bonchev–Trinajstić information content (AvgIpc) is 3.07. The summed E-state index contributed by atoms with van der Waals surface area (Å²) in [5, 5.41) is 10.8. The molecule has 0 radical (unpaired) electrons. The zero-order valence-corrected chi connectivity index (χ0v) is 21.4. The summed E-state index contributed by atoms with van der Waals surface area (Å²) in [6.45, 7) is 3.75. The molecule has 1 saturated carbocycles. The summed E-state index contributed by atoms with van der Waals surface area (Å²) in [7, 11) is 2.26. The van der Waals surface area contributed by atoms with Gasteiger partial charge in [-0.05, 0) is 50.8 Å². The van der Waals surface area contributed by atoms with Gasteiger partial charge in [-0.2, -0.15) is 0 Å². The molecular formula is C25H37ClFO5P. The molecule has 1 aliphatic rings. The molecule has 0 spiro atoms. The van der Waals surface area contributed by atoms with Gasteiger partial charge in [-0.1, -0.05) is 49.1 Å². The van der Waals surface area contributed by atoms with E-state index in [4.69, 9.17) is 25.6 Å². The van der Waals surface area contributed by atoms with Crippen LogP contribution in [0.5, 0.6) is 5.75 Å². The lowest BCUT2D eigenvalue weighted by molar-refractivity contribution is -0.147. The van der Waals surface area contributed by atoms with E-state index in [1.54, 1.807) is 36.4 Å². The minimum Gasteiger partial charge on any atom is -0.491 e. The predicted molar refractivity (Wildman–Crippen MR) is 132 cm³/mol. The third kappa shape index (κ3) is 10.3. The van der Waals surface area contributed by atoms with Crippen molar-refractivity contribution in [3.05, 3.63) is 41.4 Å². The SMILES string of the molecule is CC(C)OC(=O)CCCCCC[C@H]1C(OP)CC(F)[C@@H]1/C=C/C(O)COc1cccc(Cl)c1. The molecule has 6 atom stereocenters. The first-order chi connectivity index (χ1) is 15.8. The lowest BCUT2D eigenvalue weighted by Gasteiger charge is -2.22. The van der Waals surface area contributed by atoms with Crippen molar-refractivity contribution >= 4 is 27.0 Å². The fourth-order valence-electron chi connectivity index (χ4n) is 4.24. The van der Waals surface area contributed by atoms with Crippen molar-refractivity contribution in [2.24, 2.45) is 11.8 Å². The maximum atomic E-state index is 14.7. The van der Waals surface area contributed by atoms with Gasteiger partial charge in [0.2, 0.25) is 0 Å². The normalized spacial score (nSPS) is 23.8. The fraction of sp³-hybridized carbons (Fsp3) is 0.640. The zero-order valence-electron chi connectivity index (χ0n) is 19.5. The molecular weight excluding hydrogens is 466 g/mol. The Balaban J connectivity index is 1.77. The number of hydrogen-bond acceptors (Lipinski definition) is 5. The minimum atomic E-state index is -1.01. The summed E-state index contributed by atoms with van der Waals surface area (Å²) in [5.41, 5.74) is 0. The standard InChI is InChI=1S/C25H37ClFO5P/c1-17(2)31-25(29)11-6-4-3-5-10-22-21(23(27)15-24(22)32-33)13-12-19(28)16-30-20-9-7-8-18(26)14-20/h7-9,12-14,17,19,21-24,28H,3-6,10-11,15-16,33H2,1-2H3/b13-12+/t19?,21-,22-,23?,24?/m1/s1. The molecule has 2 rings (SSSR count). The molecule has 186 valence electrons. The Morgan fingerprint density at radius 1 is 1.30 bits per heavy atom. The molecule has 33 heavy (non-hydrogen) atoms. The van der Waals surface area contributed by atoms with E-state index in [0.717, 1.165) is 32.1 Å². The van der Waals surface area contributed by atoms with E-state index in [-0.39, 0.29) is 36.6 Å². The second-order valence-electron chi connectivity index (χ2n) is 8.88. The van der Waals surface area contributed by atoms with E-state index in [1.165, 1.54) is 0 Å². The molecule has 0 amide bonds. The molecule has 1 fully saturated rings. The number of rotatable bonds is 14. The van der Waals surface area contributed by atoms with Crippen molar-refractivity contribution in [1.82, 2.24) is 0 Å². The highest BCUT2D eigenvalue weighted by atomic mass is 35.5. The van der Waals surface area contributed by atoms with Crippen molar-refractivity contribution in [2.45, 2.75) is 83.3 Å². The monoisotopic (exact) mass is 502 g/mol. The number of halogens is 2. The van der Waals surface area contributed by atoms with Crippen molar-refractivity contribution in [1.29, 1.82) is 0 Å². The average molecular weight is 503 g/mol. The molecule has 8 heteroatoms. The first-order valence-corrected chi connectivity index (χ1v) is 12.6. The molecule has 1 N–H and O–H groups in total. The summed E-state index contributed by atoms with van der Waals surface area (Å²) >= 11 is 5.94. The number of carbonyl (C=O) groups excluding carboxylic acids is 1. The van der Waals surface area contributed by atoms with E-state index in [1.807, 2.05) is 13.8 Å². The second-order valence-corrected chi connectivity index (χ2v) is 9.59. The van der Waals surface area contributed by atoms with Gasteiger partial charge in [-0.15, -0.1) is 0 Å². The maximum absolute atomic E-state index is 14.7. The number of allylic oxidation sites excluding steroid dienone is 1. The largest absolute Gasteiger partial charge is 0.491 e. The highest BCUT2D eigenvalue weighted by molar-refractivity contribution is 7.09. The number of carbonyl (C=O) groups is 1. The maximum Gasteiger partial charge on any atom is 0.306 e. The molecule has 4 unspecified atom stereocenters. The molecule has 1 aromatic rings. The highest BCUT2D eigenvalue weighted by Crippen LogP contribution is 2.41. The predicted octanol–water partition coefficient (Wildman–Crippen LogP) is 6.08. The number of unbranched alkanes of at least 4 members (excludes halogenated alkanes) is 3. The van der Waals surface area contributed by atoms with E-state index in [2.05, 4.69) is 9.47 Å². The van der Waals surface area contributed by atoms with E-state index >= 15 is 0 Å². The van der Waals surface area contributed by atoms with Crippen LogP contribution in [-0.2, 0) is 14.1 Å². The lowest BCUT2D eigenvalue weighted by Crippen LogP contribution is -2.21. The number of aliphatic hydroxyl groups excluding tert-OH is 1. The van der Waals surface area contributed by atoms with Crippen molar-refractivity contribution in [3.8, 4) is 5.75 Å². The van der Waals surface area contributed by atoms with Crippen LogP contribution in [0.3, 0.4) is 0 Å². The van der Waals surface area contributed by atoms with Crippen LogP contribution in [0, 0.1) is 11.8 Å². The number of esters is 1. The molecule has 0 aromatic heterocycles. The molecule has 0 bridgehead atoms. The summed E-state index contributed by atoms with van der Waals surface area (Å²) in [4.78, 5) is 11.6. The summed E-state index contributed by atoms with van der Waals surface area (Å²) in [5.74, 6) is 0.157. The van der Waals surface area contributed by atoms with Crippen LogP contribution in [0.2, 0.25) is 5.02 Å². The van der Waals surface area contributed by atoms with Crippen LogP contribution in [0.4, 0.5) is 4.39 Å². The van der Waals surface area contributed by atoms with E-state index in [0.29, 0.717) is 23.6 Å². The van der Waals surface area contributed by atoms with Crippen LogP contribution in [0.1, 0.15) is 58.8 Å². The van der Waals surface area contributed by atoms with Gasteiger partial charge in [0.05, 0.1) is 12.2 Å². The van der Waals surface area contributed by atoms with Crippen molar-refractivity contribution in [2.75, 3.05) is 6.61 Å². The third-order valence-electron chi connectivity index (χ3n) is 5.83. The molecule has 0 heterocycles. The summed E-state index contributed by atoms with van der Waals surface area (Å²) < 4.78 is 30.9. The number of alkyl halides is 1. The Kier molecular flexibility index (Phi) is 12.7. The van der Waals surface area contributed by atoms with Crippen LogP contribution >= 0.6 is 21.1 Å². The van der Waals surface area contributed by atoms with Crippen LogP contribution in [-0.4, -0.2) is 42.2 Å². The number of hydrogen-bond donors (Lipinski definition) is 1. The smallest absolute Gasteiger partial charge is 0.306 e. The van der Waals surface area contributed by atoms with Crippen LogP contribution < -0.4 is 4.74 Å². The van der Waals surface area contributed by atoms with Crippen molar-refractivity contribution in [3.63, 3.8) is 0 Å². The highest BCUT2D eigenvalue weighted by Gasteiger charge is 2.42. The first-order valence-electron chi connectivity index (χ1n) is 11.7. The Morgan fingerprint density at radius 3 is 2.76 bits per heavy atom. The van der Waals surface area contributed by atoms with Gasteiger partial charge in [0.15, 0.2) is 0 Å². The Bertz CT molecular complexity index is 747. The molecule has 1 aromatic carbocycles. The van der Waals surface area contributed by atoms with Crippen LogP contribution in [0.15, 0.2) is 36.4 Å².